The summed E-state index contributed by atoms with van der Waals surface area (Å²) < 4.78 is 6.05. The van der Waals surface area contributed by atoms with Crippen molar-refractivity contribution in [3.05, 3.63) is 16.1 Å². The molecule has 0 aromatic carbocycles. The van der Waals surface area contributed by atoms with Crippen molar-refractivity contribution in [2.45, 2.75) is 65.5 Å². The van der Waals surface area contributed by atoms with Crippen LogP contribution in [0.2, 0.25) is 0 Å². The molecule has 0 aliphatic heterocycles. The van der Waals surface area contributed by atoms with Crippen LogP contribution in [0.25, 0.3) is 0 Å². The molecule has 0 bridgehead atoms. The fraction of sp³-hybridized carbons (Fsp3) is 0.824. The molecule has 0 radical (unpaired) electrons. The van der Waals surface area contributed by atoms with Crippen LogP contribution in [0.5, 0.6) is 0 Å². The zero-order valence-electron chi connectivity index (χ0n) is 13.7. The molecule has 2 rings (SSSR count). The van der Waals surface area contributed by atoms with Crippen LogP contribution in [0.4, 0.5) is 0 Å². The van der Waals surface area contributed by atoms with Gasteiger partial charge in [0.2, 0.25) is 0 Å². The van der Waals surface area contributed by atoms with Gasteiger partial charge < -0.3 is 10.1 Å². The second-order valence-corrected chi connectivity index (χ2v) is 7.61. The molecule has 1 aromatic heterocycles. The maximum absolute atomic E-state index is 6.05. The Kier molecular flexibility index (Phi) is 7.14. The van der Waals surface area contributed by atoms with Crippen molar-refractivity contribution in [3.8, 4) is 0 Å². The molecule has 1 heterocycles. The number of hydrogen-bond donors (Lipinski definition) is 1. The number of aromatic nitrogens is 1. The first kappa shape index (κ1) is 16.9. The van der Waals surface area contributed by atoms with Gasteiger partial charge >= 0.3 is 0 Å². The zero-order chi connectivity index (χ0) is 15.1. The van der Waals surface area contributed by atoms with Gasteiger partial charge in [0, 0.05) is 24.2 Å². The Morgan fingerprint density at radius 3 is 2.76 bits per heavy atom. The van der Waals surface area contributed by atoms with Crippen LogP contribution in [-0.4, -0.2) is 18.1 Å². The molecule has 1 unspecified atom stereocenters. The minimum absolute atomic E-state index is 0.221. The monoisotopic (exact) mass is 310 g/mol. The molecule has 0 spiro atoms. The van der Waals surface area contributed by atoms with E-state index in [1.807, 2.05) is 17.5 Å². The van der Waals surface area contributed by atoms with E-state index in [9.17, 15) is 0 Å². The van der Waals surface area contributed by atoms with Gasteiger partial charge in [0.25, 0.3) is 0 Å². The van der Waals surface area contributed by atoms with Crippen molar-refractivity contribution in [3.63, 3.8) is 0 Å². The second kappa shape index (κ2) is 8.86. The van der Waals surface area contributed by atoms with E-state index in [1.165, 1.54) is 42.0 Å². The fourth-order valence-corrected chi connectivity index (χ4v) is 4.08. The van der Waals surface area contributed by atoms with Gasteiger partial charge in [-0.05, 0) is 38.1 Å². The number of nitrogens with one attached hydrogen (secondary N) is 1. The predicted octanol–water partition coefficient (Wildman–Crippen LogP) is 4.55. The Hall–Kier alpha value is -0.450. The Labute approximate surface area is 133 Å². The van der Waals surface area contributed by atoms with Gasteiger partial charge in [0.15, 0.2) is 0 Å². The summed E-state index contributed by atoms with van der Waals surface area (Å²) >= 11 is 1.83. The number of thiazole rings is 1. The Morgan fingerprint density at radius 1 is 1.33 bits per heavy atom. The van der Waals surface area contributed by atoms with Gasteiger partial charge in [-0.2, -0.15) is 0 Å². The number of hydrogen-bond acceptors (Lipinski definition) is 4. The van der Waals surface area contributed by atoms with E-state index >= 15 is 0 Å². The summed E-state index contributed by atoms with van der Waals surface area (Å²) in [6.45, 7) is 9.33. The largest absolute Gasteiger partial charge is 0.371 e. The third kappa shape index (κ3) is 5.35. The average Bonchev–Trinajstić information content (AvgIpc) is 2.94. The SMILES string of the molecule is CCOC(c1ncc(CNCC(C)C)s1)C1CCCCC1. The lowest BCUT2D eigenvalue weighted by Gasteiger charge is -2.28. The Bertz CT molecular complexity index is 399. The molecule has 1 atom stereocenters. The molecule has 1 fully saturated rings. The first-order chi connectivity index (χ1) is 10.2. The summed E-state index contributed by atoms with van der Waals surface area (Å²) in [4.78, 5) is 5.99. The summed E-state index contributed by atoms with van der Waals surface area (Å²) in [6, 6.07) is 0. The highest BCUT2D eigenvalue weighted by Crippen LogP contribution is 2.38. The highest BCUT2D eigenvalue weighted by Gasteiger charge is 2.27. The van der Waals surface area contributed by atoms with Crippen molar-refractivity contribution < 1.29 is 4.74 Å². The average molecular weight is 311 g/mol. The molecule has 1 aliphatic rings. The van der Waals surface area contributed by atoms with E-state index in [0.29, 0.717) is 11.8 Å². The van der Waals surface area contributed by atoms with E-state index in [0.717, 1.165) is 19.7 Å². The molecule has 3 nitrogen and oxygen atoms in total. The zero-order valence-corrected chi connectivity index (χ0v) is 14.5. The molecule has 4 heteroatoms. The van der Waals surface area contributed by atoms with Crippen LogP contribution in [0.1, 0.15) is 68.9 Å². The van der Waals surface area contributed by atoms with E-state index in [2.05, 4.69) is 31.1 Å². The van der Waals surface area contributed by atoms with Crippen molar-refractivity contribution in [1.29, 1.82) is 0 Å². The quantitative estimate of drug-likeness (QED) is 0.765. The van der Waals surface area contributed by atoms with Crippen molar-refractivity contribution >= 4 is 11.3 Å². The topological polar surface area (TPSA) is 34.1 Å². The summed E-state index contributed by atoms with van der Waals surface area (Å²) in [5.41, 5.74) is 0. The molecule has 120 valence electrons. The van der Waals surface area contributed by atoms with Crippen LogP contribution in [0.3, 0.4) is 0 Å². The molecule has 0 amide bonds. The van der Waals surface area contributed by atoms with Gasteiger partial charge in [0.05, 0.1) is 0 Å². The minimum atomic E-state index is 0.221. The third-order valence-electron chi connectivity index (χ3n) is 4.09. The number of nitrogens with zero attached hydrogens (tertiary/aromatic N) is 1. The van der Waals surface area contributed by atoms with Crippen LogP contribution in [0, 0.1) is 11.8 Å². The van der Waals surface area contributed by atoms with Crippen molar-refractivity contribution in [2.24, 2.45) is 11.8 Å². The highest BCUT2D eigenvalue weighted by atomic mass is 32.1. The summed E-state index contributed by atoms with van der Waals surface area (Å²) in [6.07, 6.45) is 8.93. The number of rotatable bonds is 8. The van der Waals surface area contributed by atoms with Crippen LogP contribution in [0.15, 0.2) is 6.20 Å². The van der Waals surface area contributed by atoms with E-state index in [1.54, 1.807) is 0 Å². The number of ether oxygens (including phenoxy) is 1. The third-order valence-corrected chi connectivity index (χ3v) is 5.15. The van der Waals surface area contributed by atoms with Gasteiger partial charge in [-0.3, -0.25) is 0 Å². The molecule has 1 saturated carbocycles. The lowest BCUT2D eigenvalue weighted by Crippen LogP contribution is -2.19. The maximum Gasteiger partial charge on any atom is 0.122 e. The fourth-order valence-electron chi connectivity index (χ4n) is 3.05. The minimum Gasteiger partial charge on any atom is -0.371 e. The smallest absolute Gasteiger partial charge is 0.122 e. The van der Waals surface area contributed by atoms with E-state index in [4.69, 9.17) is 4.74 Å². The van der Waals surface area contributed by atoms with Crippen molar-refractivity contribution in [1.82, 2.24) is 10.3 Å². The molecular formula is C17H30N2OS. The highest BCUT2D eigenvalue weighted by molar-refractivity contribution is 7.11. The molecule has 0 saturated heterocycles. The Balaban J connectivity index is 1.94. The molecule has 1 N–H and O–H groups in total. The van der Waals surface area contributed by atoms with Crippen LogP contribution < -0.4 is 5.32 Å². The van der Waals surface area contributed by atoms with Gasteiger partial charge in [-0.1, -0.05) is 33.1 Å². The molecule has 21 heavy (non-hydrogen) atoms. The molecule has 1 aliphatic carbocycles. The van der Waals surface area contributed by atoms with Gasteiger partial charge in [0.1, 0.15) is 11.1 Å². The first-order valence-corrected chi connectivity index (χ1v) is 9.29. The molecular weight excluding hydrogens is 280 g/mol. The summed E-state index contributed by atoms with van der Waals surface area (Å²) in [5, 5.41) is 4.68. The van der Waals surface area contributed by atoms with Crippen LogP contribution in [-0.2, 0) is 11.3 Å². The Morgan fingerprint density at radius 2 is 2.10 bits per heavy atom. The second-order valence-electron chi connectivity index (χ2n) is 6.46. The predicted molar refractivity (Wildman–Crippen MR) is 89.6 cm³/mol. The normalized spacial score (nSPS) is 18.3. The van der Waals surface area contributed by atoms with E-state index < -0.39 is 0 Å². The summed E-state index contributed by atoms with van der Waals surface area (Å²) in [5.74, 6) is 1.36. The standard InChI is InChI=1S/C17H30N2OS/c1-4-20-16(14-8-6-5-7-9-14)17-19-12-15(21-17)11-18-10-13(2)3/h12-14,16,18H,4-11H2,1-3H3. The maximum atomic E-state index is 6.05. The van der Waals surface area contributed by atoms with E-state index in [-0.39, 0.29) is 6.10 Å². The van der Waals surface area contributed by atoms with Crippen LogP contribution >= 0.6 is 11.3 Å². The first-order valence-electron chi connectivity index (χ1n) is 8.47. The van der Waals surface area contributed by atoms with Gasteiger partial charge in [-0.25, -0.2) is 4.98 Å². The van der Waals surface area contributed by atoms with Crippen molar-refractivity contribution in [2.75, 3.05) is 13.2 Å². The van der Waals surface area contributed by atoms with Gasteiger partial charge in [-0.15, -0.1) is 11.3 Å². The molecule has 1 aromatic rings. The summed E-state index contributed by atoms with van der Waals surface area (Å²) in [7, 11) is 0. The lowest BCUT2D eigenvalue weighted by atomic mass is 9.85. The lowest BCUT2D eigenvalue weighted by molar-refractivity contribution is 0.00551.